The molecule has 134 valence electrons. The molecular formula is C18H14BrClN2O3S. The molecule has 2 heterocycles. The van der Waals surface area contributed by atoms with Crippen molar-refractivity contribution in [1.29, 1.82) is 0 Å². The Balaban J connectivity index is 1.48. The molecule has 1 aromatic heterocycles. The Bertz CT molecular complexity index is 935. The summed E-state index contributed by atoms with van der Waals surface area (Å²) in [6.45, 7) is 1.24. The van der Waals surface area contributed by atoms with Crippen molar-refractivity contribution in [2.45, 2.75) is 17.4 Å². The number of aromatic nitrogens is 2. The summed E-state index contributed by atoms with van der Waals surface area (Å²) in [5, 5.41) is 9.27. The summed E-state index contributed by atoms with van der Waals surface area (Å²) in [6.07, 6.45) is 0.843. The fourth-order valence-electron chi connectivity index (χ4n) is 2.52. The van der Waals surface area contributed by atoms with Gasteiger partial charge >= 0.3 is 0 Å². The molecular weight excluding hydrogens is 440 g/mol. The van der Waals surface area contributed by atoms with E-state index in [9.17, 15) is 0 Å². The predicted octanol–water partition coefficient (Wildman–Crippen LogP) is 5.61. The maximum Gasteiger partial charge on any atom is 0.277 e. The van der Waals surface area contributed by atoms with Crippen molar-refractivity contribution in [2.75, 3.05) is 13.2 Å². The van der Waals surface area contributed by atoms with Gasteiger partial charge < -0.3 is 13.9 Å². The highest BCUT2D eigenvalue weighted by molar-refractivity contribution is 9.10. The molecule has 0 bridgehead atoms. The van der Waals surface area contributed by atoms with Gasteiger partial charge in [0.15, 0.2) is 11.5 Å². The SMILES string of the molecule is Clc1cc(CSc2nnc(-c3cccc(Br)c3)o2)cc2c1OCCCO2. The second-order valence-corrected chi connectivity index (χ2v) is 7.88. The summed E-state index contributed by atoms with van der Waals surface area (Å²) >= 11 is 11.2. The zero-order valence-corrected chi connectivity index (χ0v) is 16.7. The summed E-state index contributed by atoms with van der Waals surface area (Å²) < 4.78 is 18.1. The highest BCUT2D eigenvalue weighted by Crippen LogP contribution is 2.39. The number of thioether (sulfide) groups is 1. The van der Waals surface area contributed by atoms with E-state index in [1.807, 2.05) is 36.4 Å². The van der Waals surface area contributed by atoms with Gasteiger partial charge in [0, 0.05) is 22.2 Å². The molecule has 5 nitrogen and oxygen atoms in total. The van der Waals surface area contributed by atoms with Gasteiger partial charge in [-0.2, -0.15) is 0 Å². The molecule has 2 aromatic carbocycles. The third-order valence-corrected chi connectivity index (χ3v) is 5.37. The Kier molecular flexibility index (Phi) is 5.38. The van der Waals surface area contributed by atoms with Crippen LogP contribution in [0.3, 0.4) is 0 Å². The number of halogens is 2. The first kappa shape index (κ1) is 17.7. The molecule has 0 unspecified atom stereocenters. The molecule has 0 saturated heterocycles. The number of fused-ring (bicyclic) bond motifs is 1. The van der Waals surface area contributed by atoms with Crippen LogP contribution in [0.5, 0.6) is 11.5 Å². The highest BCUT2D eigenvalue weighted by atomic mass is 79.9. The van der Waals surface area contributed by atoms with Crippen molar-refractivity contribution in [3.63, 3.8) is 0 Å². The van der Waals surface area contributed by atoms with E-state index < -0.39 is 0 Å². The molecule has 4 rings (SSSR count). The molecule has 1 aliphatic heterocycles. The van der Waals surface area contributed by atoms with Gasteiger partial charge in [-0.3, -0.25) is 0 Å². The van der Waals surface area contributed by atoms with Crippen molar-refractivity contribution in [3.05, 3.63) is 51.5 Å². The molecule has 0 amide bonds. The first-order chi connectivity index (χ1) is 12.7. The fourth-order valence-corrected chi connectivity index (χ4v) is 3.90. The largest absolute Gasteiger partial charge is 0.489 e. The smallest absolute Gasteiger partial charge is 0.277 e. The third kappa shape index (κ3) is 4.00. The van der Waals surface area contributed by atoms with Gasteiger partial charge in [0.1, 0.15) is 0 Å². The van der Waals surface area contributed by atoms with Crippen LogP contribution in [0.15, 0.2) is 50.5 Å². The average molecular weight is 454 g/mol. The van der Waals surface area contributed by atoms with Crippen LogP contribution < -0.4 is 9.47 Å². The van der Waals surface area contributed by atoms with Gasteiger partial charge in [0.05, 0.1) is 18.2 Å². The van der Waals surface area contributed by atoms with E-state index in [2.05, 4.69) is 26.1 Å². The first-order valence-electron chi connectivity index (χ1n) is 7.99. The van der Waals surface area contributed by atoms with Gasteiger partial charge in [-0.1, -0.05) is 45.4 Å². The second-order valence-electron chi connectivity index (χ2n) is 5.63. The van der Waals surface area contributed by atoms with Crippen LogP contribution in [-0.2, 0) is 5.75 Å². The van der Waals surface area contributed by atoms with Crippen LogP contribution in [-0.4, -0.2) is 23.4 Å². The lowest BCUT2D eigenvalue weighted by molar-refractivity contribution is 0.297. The second kappa shape index (κ2) is 7.90. The van der Waals surface area contributed by atoms with Crippen molar-refractivity contribution in [3.8, 4) is 23.0 Å². The Morgan fingerprint density at radius 2 is 2.00 bits per heavy atom. The third-order valence-electron chi connectivity index (χ3n) is 3.70. The Morgan fingerprint density at radius 1 is 1.12 bits per heavy atom. The minimum Gasteiger partial charge on any atom is -0.489 e. The van der Waals surface area contributed by atoms with Crippen LogP contribution in [0, 0.1) is 0 Å². The molecule has 26 heavy (non-hydrogen) atoms. The van der Waals surface area contributed by atoms with E-state index in [-0.39, 0.29) is 0 Å². The van der Waals surface area contributed by atoms with E-state index in [0.29, 0.717) is 46.6 Å². The molecule has 0 aliphatic carbocycles. The average Bonchev–Trinajstić information content (AvgIpc) is 2.98. The summed E-state index contributed by atoms with van der Waals surface area (Å²) in [5.41, 5.74) is 1.88. The molecule has 0 radical (unpaired) electrons. The van der Waals surface area contributed by atoms with E-state index in [1.54, 1.807) is 0 Å². The zero-order valence-electron chi connectivity index (χ0n) is 13.6. The van der Waals surface area contributed by atoms with Gasteiger partial charge in [0.25, 0.3) is 5.22 Å². The highest BCUT2D eigenvalue weighted by Gasteiger charge is 2.16. The Hall–Kier alpha value is -1.70. The number of nitrogens with zero attached hydrogens (tertiary/aromatic N) is 2. The van der Waals surface area contributed by atoms with Gasteiger partial charge in [-0.15, -0.1) is 10.2 Å². The molecule has 3 aromatic rings. The maximum atomic E-state index is 6.33. The van der Waals surface area contributed by atoms with Crippen molar-refractivity contribution in [2.24, 2.45) is 0 Å². The number of ether oxygens (including phenoxy) is 2. The molecule has 0 fully saturated rings. The molecule has 0 atom stereocenters. The lowest BCUT2D eigenvalue weighted by Gasteiger charge is -2.10. The summed E-state index contributed by atoms with van der Waals surface area (Å²) in [7, 11) is 0. The quantitative estimate of drug-likeness (QED) is 0.479. The Labute approximate surface area is 168 Å². The Morgan fingerprint density at radius 3 is 2.88 bits per heavy atom. The van der Waals surface area contributed by atoms with Crippen LogP contribution >= 0.6 is 39.3 Å². The van der Waals surface area contributed by atoms with Crippen molar-refractivity contribution < 1.29 is 13.9 Å². The normalized spacial score (nSPS) is 13.5. The van der Waals surface area contributed by atoms with Crippen LogP contribution in [0.2, 0.25) is 5.02 Å². The molecule has 8 heteroatoms. The maximum absolute atomic E-state index is 6.33. The predicted molar refractivity (Wildman–Crippen MR) is 104 cm³/mol. The topological polar surface area (TPSA) is 57.4 Å². The minimum atomic E-state index is 0.491. The number of hydrogen-bond donors (Lipinski definition) is 0. The lowest BCUT2D eigenvalue weighted by Crippen LogP contribution is -1.97. The van der Waals surface area contributed by atoms with E-state index >= 15 is 0 Å². The molecule has 0 saturated carbocycles. The van der Waals surface area contributed by atoms with E-state index in [0.717, 1.165) is 22.0 Å². The molecule has 1 aliphatic rings. The van der Waals surface area contributed by atoms with E-state index in [1.165, 1.54) is 11.8 Å². The number of rotatable bonds is 4. The number of hydrogen-bond acceptors (Lipinski definition) is 6. The van der Waals surface area contributed by atoms with Gasteiger partial charge in [0.2, 0.25) is 5.89 Å². The summed E-state index contributed by atoms with van der Waals surface area (Å²) in [4.78, 5) is 0. The standard InChI is InChI=1S/C18H14BrClN2O3S/c19-13-4-1-3-12(9-13)17-21-22-18(25-17)26-10-11-7-14(20)16-15(8-11)23-5-2-6-24-16/h1,3-4,7-9H,2,5-6,10H2. The number of benzene rings is 2. The van der Waals surface area contributed by atoms with Gasteiger partial charge in [-0.25, -0.2) is 0 Å². The molecule has 0 N–H and O–H groups in total. The fraction of sp³-hybridized carbons (Fsp3) is 0.222. The summed E-state index contributed by atoms with van der Waals surface area (Å²) in [5.74, 6) is 2.43. The monoisotopic (exact) mass is 452 g/mol. The van der Waals surface area contributed by atoms with Crippen LogP contribution in [0.1, 0.15) is 12.0 Å². The summed E-state index contributed by atoms with van der Waals surface area (Å²) in [6, 6.07) is 11.6. The first-order valence-corrected chi connectivity index (χ1v) is 10.1. The van der Waals surface area contributed by atoms with Crippen LogP contribution in [0.25, 0.3) is 11.5 Å². The lowest BCUT2D eigenvalue weighted by atomic mass is 10.2. The van der Waals surface area contributed by atoms with Crippen molar-refractivity contribution >= 4 is 39.3 Å². The molecule has 0 spiro atoms. The van der Waals surface area contributed by atoms with Crippen molar-refractivity contribution in [1.82, 2.24) is 10.2 Å². The zero-order chi connectivity index (χ0) is 17.9. The van der Waals surface area contributed by atoms with Gasteiger partial charge in [-0.05, 0) is 35.9 Å². The van der Waals surface area contributed by atoms with E-state index in [4.69, 9.17) is 25.5 Å². The minimum absolute atomic E-state index is 0.491. The van der Waals surface area contributed by atoms with Crippen LogP contribution in [0.4, 0.5) is 0 Å².